The molecule has 1 N–H and O–H groups in total. The van der Waals surface area contributed by atoms with E-state index >= 15 is 0 Å². The molecule has 1 aliphatic rings. The minimum absolute atomic E-state index is 0.283. The van der Waals surface area contributed by atoms with Crippen LogP contribution in [0, 0.1) is 6.92 Å². The molecular weight excluding hydrogens is 368 g/mol. The maximum Gasteiger partial charge on any atom is 0.359 e. The molecule has 0 saturated heterocycles. The smallest absolute Gasteiger partial charge is 0.359 e. The summed E-state index contributed by atoms with van der Waals surface area (Å²) in [6, 6.07) is 10.4. The van der Waals surface area contributed by atoms with E-state index in [1.807, 2.05) is 13.0 Å². The van der Waals surface area contributed by atoms with Gasteiger partial charge in [-0.15, -0.1) is 0 Å². The van der Waals surface area contributed by atoms with Crippen LogP contribution in [0.4, 0.5) is 5.82 Å². The van der Waals surface area contributed by atoms with E-state index in [-0.39, 0.29) is 5.69 Å². The molecule has 0 fully saturated rings. The maximum absolute atomic E-state index is 12.4. The molecule has 0 aliphatic carbocycles. The standard InChI is InChI=1S/C21H20N6O2/c1-3-29-21(28)19-13(2)20-24-18(26-11-14-6-4-5-7-15(14)12-26)8-17(27(20)25-19)16-9-22-23-10-16/h4-10H,3,11-12H2,1-2H3,(H,22,23). The highest BCUT2D eigenvalue weighted by Crippen LogP contribution is 2.31. The van der Waals surface area contributed by atoms with Crippen LogP contribution in [-0.4, -0.2) is 37.4 Å². The summed E-state index contributed by atoms with van der Waals surface area (Å²) in [7, 11) is 0. The number of ether oxygens (including phenoxy) is 1. The van der Waals surface area contributed by atoms with Crippen LogP contribution < -0.4 is 4.90 Å². The van der Waals surface area contributed by atoms with Gasteiger partial charge in [-0.1, -0.05) is 24.3 Å². The van der Waals surface area contributed by atoms with Crippen molar-refractivity contribution < 1.29 is 9.53 Å². The molecule has 0 bridgehead atoms. The maximum atomic E-state index is 12.4. The van der Waals surface area contributed by atoms with E-state index < -0.39 is 5.97 Å². The zero-order chi connectivity index (χ0) is 20.0. The molecule has 0 unspecified atom stereocenters. The third-order valence-electron chi connectivity index (χ3n) is 5.23. The van der Waals surface area contributed by atoms with Crippen molar-refractivity contribution in [3.8, 4) is 11.3 Å². The number of aromatic nitrogens is 5. The minimum Gasteiger partial charge on any atom is -0.461 e. The summed E-state index contributed by atoms with van der Waals surface area (Å²) in [5.41, 5.74) is 5.91. The van der Waals surface area contributed by atoms with Crippen LogP contribution in [0.3, 0.4) is 0 Å². The first kappa shape index (κ1) is 17.4. The number of aromatic amines is 1. The molecule has 3 aromatic heterocycles. The summed E-state index contributed by atoms with van der Waals surface area (Å²) in [5, 5.41) is 11.4. The molecular formula is C21H20N6O2. The van der Waals surface area contributed by atoms with Crippen molar-refractivity contribution in [2.45, 2.75) is 26.9 Å². The zero-order valence-electron chi connectivity index (χ0n) is 16.2. The summed E-state index contributed by atoms with van der Waals surface area (Å²) >= 11 is 0. The Morgan fingerprint density at radius 1 is 1.24 bits per heavy atom. The first-order valence-corrected chi connectivity index (χ1v) is 9.54. The van der Waals surface area contributed by atoms with Gasteiger partial charge >= 0.3 is 5.97 Å². The lowest BCUT2D eigenvalue weighted by Gasteiger charge is -2.18. The van der Waals surface area contributed by atoms with Gasteiger partial charge in [0, 0.05) is 36.5 Å². The number of hydrogen-bond acceptors (Lipinski definition) is 6. The highest BCUT2D eigenvalue weighted by molar-refractivity contribution is 5.91. The molecule has 8 nitrogen and oxygen atoms in total. The average molecular weight is 388 g/mol. The predicted octanol–water partition coefficient (Wildman–Crippen LogP) is 3.12. The van der Waals surface area contributed by atoms with E-state index in [4.69, 9.17) is 9.72 Å². The normalized spacial score (nSPS) is 13.1. The number of anilines is 1. The Morgan fingerprint density at radius 3 is 2.66 bits per heavy atom. The van der Waals surface area contributed by atoms with Crippen molar-refractivity contribution in [1.82, 2.24) is 24.8 Å². The molecule has 0 saturated carbocycles. The van der Waals surface area contributed by atoms with Crippen LogP contribution in [0.5, 0.6) is 0 Å². The number of carbonyl (C=O) groups is 1. The largest absolute Gasteiger partial charge is 0.461 e. The lowest BCUT2D eigenvalue weighted by molar-refractivity contribution is 0.0518. The third-order valence-corrected chi connectivity index (χ3v) is 5.23. The van der Waals surface area contributed by atoms with Crippen LogP contribution >= 0.6 is 0 Å². The van der Waals surface area contributed by atoms with Gasteiger partial charge in [0.25, 0.3) is 0 Å². The number of aryl methyl sites for hydroxylation is 1. The molecule has 0 atom stereocenters. The Bertz CT molecular complexity index is 1190. The van der Waals surface area contributed by atoms with Crippen molar-refractivity contribution in [3.63, 3.8) is 0 Å². The predicted molar refractivity (Wildman–Crippen MR) is 108 cm³/mol. The first-order valence-electron chi connectivity index (χ1n) is 9.54. The topological polar surface area (TPSA) is 88.4 Å². The second-order valence-electron chi connectivity index (χ2n) is 7.04. The fraction of sp³-hybridized carbons (Fsp3) is 0.238. The number of hydrogen-bond donors (Lipinski definition) is 1. The second-order valence-corrected chi connectivity index (χ2v) is 7.04. The fourth-order valence-corrected chi connectivity index (χ4v) is 3.76. The second kappa shape index (κ2) is 6.73. The van der Waals surface area contributed by atoms with Gasteiger partial charge in [-0.2, -0.15) is 10.2 Å². The van der Waals surface area contributed by atoms with Gasteiger partial charge in [0.2, 0.25) is 0 Å². The Kier molecular flexibility index (Phi) is 4.04. The number of nitrogens with one attached hydrogen (secondary N) is 1. The average Bonchev–Trinajstić information content (AvgIpc) is 3.46. The molecule has 1 aliphatic heterocycles. The Hall–Kier alpha value is -3.68. The minimum atomic E-state index is -0.441. The molecule has 5 rings (SSSR count). The van der Waals surface area contributed by atoms with E-state index in [2.05, 4.69) is 44.5 Å². The van der Waals surface area contributed by atoms with E-state index in [9.17, 15) is 4.79 Å². The van der Waals surface area contributed by atoms with Crippen LogP contribution in [-0.2, 0) is 17.8 Å². The molecule has 1 aromatic carbocycles. The van der Waals surface area contributed by atoms with Crippen molar-refractivity contribution in [3.05, 3.63) is 65.1 Å². The molecule has 146 valence electrons. The summed E-state index contributed by atoms with van der Waals surface area (Å²) in [6.07, 6.45) is 3.54. The third kappa shape index (κ3) is 2.84. The number of esters is 1. The van der Waals surface area contributed by atoms with Crippen LogP contribution in [0.15, 0.2) is 42.7 Å². The van der Waals surface area contributed by atoms with Crippen molar-refractivity contribution in [2.24, 2.45) is 0 Å². The lowest BCUT2D eigenvalue weighted by atomic mass is 10.1. The Morgan fingerprint density at radius 2 is 2.00 bits per heavy atom. The number of fused-ring (bicyclic) bond motifs is 2. The van der Waals surface area contributed by atoms with Crippen molar-refractivity contribution in [2.75, 3.05) is 11.5 Å². The van der Waals surface area contributed by atoms with E-state index in [1.54, 1.807) is 23.8 Å². The summed E-state index contributed by atoms with van der Waals surface area (Å²) in [6.45, 7) is 5.51. The summed E-state index contributed by atoms with van der Waals surface area (Å²) in [5.74, 6) is 0.395. The van der Waals surface area contributed by atoms with Crippen molar-refractivity contribution >= 4 is 17.4 Å². The van der Waals surface area contributed by atoms with Gasteiger partial charge in [-0.05, 0) is 25.0 Å². The van der Waals surface area contributed by atoms with Crippen LogP contribution in [0.1, 0.15) is 34.1 Å². The lowest BCUT2D eigenvalue weighted by Crippen LogP contribution is -2.17. The van der Waals surface area contributed by atoms with E-state index in [1.165, 1.54) is 11.1 Å². The molecule has 0 spiro atoms. The quantitative estimate of drug-likeness (QED) is 0.541. The molecule has 4 aromatic rings. The van der Waals surface area contributed by atoms with E-state index in [0.717, 1.165) is 30.2 Å². The molecule has 0 radical (unpaired) electrons. The SMILES string of the molecule is CCOC(=O)c1nn2c(-c3cn[nH]c3)cc(N3Cc4ccccc4C3)nc2c1C. The molecule has 8 heteroatoms. The van der Waals surface area contributed by atoms with E-state index in [0.29, 0.717) is 17.8 Å². The van der Waals surface area contributed by atoms with Gasteiger partial charge in [0.1, 0.15) is 5.82 Å². The zero-order valence-corrected chi connectivity index (χ0v) is 16.2. The summed E-state index contributed by atoms with van der Waals surface area (Å²) < 4.78 is 6.86. The Balaban J connectivity index is 1.67. The Labute approximate surface area is 167 Å². The first-order chi connectivity index (χ1) is 14.2. The van der Waals surface area contributed by atoms with Gasteiger partial charge in [0.15, 0.2) is 11.3 Å². The van der Waals surface area contributed by atoms with Gasteiger partial charge < -0.3 is 9.64 Å². The number of benzene rings is 1. The molecule has 0 amide bonds. The highest BCUT2D eigenvalue weighted by atomic mass is 16.5. The van der Waals surface area contributed by atoms with Crippen LogP contribution in [0.2, 0.25) is 0 Å². The van der Waals surface area contributed by atoms with Crippen molar-refractivity contribution in [1.29, 1.82) is 0 Å². The summed E-state index contributed by atoms with van der Waals surface area (Å²) in [4.78, 5) is 19.5. The monoisotopic (exact) mass is 388 g/mol. The molecule has 4 heterocycles. The number of nitrogens with zero attached hydrogens (tertiary/aromatic N) is 5. The van der Waals surface area contributed by atoms with Gasteiger partial charge in [-0.3, -0.25) is 5.10 Å². The van der Waals surface area contributed by atoms with Gasteiger partial charge in [0.05, 0.1) is 18.5 Å². The fourth-order valence-electron chi connectivity index (χ4n) is 3.76. The highest BCUT2D eigenvalue weighted by Gasteiger charge is 2.25. The number of H-pyrrole nitrogens is 1. The number of carbonyl (C=O) groups excluding carboxylic acids is 1. The number of rotatable bonds is 4. The van der Waals surface area contributed by atoms with Crippen LogP contribution in [0.25, 0.3) is 16.9 Å². The molecule has 29 heavy (non-hydrogen) atoms. The van der Waals surface area contributed by atoms with Gasteiger partial charge in [-0.25, -0.2) is 14.3 Å².